The van der Waals surface area contributed by atoms with Crippen LogP contribution >= 0.6 is 23.4 Å². The summed E-state index contributed by atoms with van der Waals surface area (Å²) in [5.41, 5.74) is 1.87. The Hall–Kier alpha value is -3.50. The average Bonchev–Trinajstić information content (AvgIpc) is 3.08. The Morgan fingerprint density at radius 3 is 2.56 bits per heavy atom. The number of carbonyl (C=O) groups excluding carboxylic acids is 4. The number of hydrogen-bond acceptors (Lipinski definition) is 8. The zero-order valence-electron chi connectivity index (χ0n) is 20.0. The molecule has 0 aliphatic carbocycles. The number of amides is 3. The Morgan fingerprint density at radius 1 is 1.06 bits per heavy atom. The van der Waals surface area contributed by atoms with Gasteiger partial charge in [0.05, 0.1) is 18.1 Å². The monoisotopic (exact) mass is 532 g/mol. The van der Waals surface area contributed by atoms with E-state index in [0.717, 1.165) is 22.2 Å². The van der Waals surface area contributed by atoms with E-state index < -0.39 is 29.6 Å². The average molecular weight is 533 g/mol. The van der Waals surface area contributed by atoms with Crippen LogP contribution in [-0.2, 0) is 19.1 Å². The largest absolute Gasteiger partial charge is 0.490 e. The maximum Gasteiger partial charge on any atom is 0.344 e. The van der Waals surface area contributed by atoms with Crippen LogP contribution in [0.5, 0.6) is 11.5 Å². The number of halogens is 1. The first-order valence-corrected chi connectivity index (χ1v) is 12.3. The maximum absolute atomic E-state index is 12.9. The number of ether oxygens (including phenoxy) is 3. The van der Waals surface area contributed by atoms with Gasteiger partial charge in [-0.1, -0.05) is 23.7 Å². The van der Waals surface area contributed by atoms with E-state index in [4.69, 9.17) is 25.8 Å². The van der Waals surface area contributed by atoms with Crippen molar-refractivity contribution in [2.24, 2.45) is 0 Å². The fourth-order valence-electron chi connectivity index (χ4n) is 3.19. The minimum Gasteiger partial charge on any atom is -0.490 e. The van der Waals surface area contributed by atoms with Crippen LogP contribution in [0.25, 0.3) is 6.08 Å². The molecule has 0 spiro atoms. The van der Waals surface area contributed by atoms with E-state index in [1.165, 1.54) is 6.08 Å². The molecule has 11 heteroatoms. The van der Waals surface area contributed by atoms with E-state index in [-0.39, 0.29) is 18.1 Å². The van der Waals surface area contributed by atoms with Gasteiger partial charge in [-0.05, 0) is 74.0 Å². The zero-order valence-corrected chi connectivity index (χ0v) is 21.5. The van der Waals surface area contributed by atoms with Crippen LogP contribution < -0.4 is 14.8 Å². The number of rotatable bonds is 10. The van der Waals surface area contributed by atoms with Gasteiger partial charge in [-0.2, -0.15) is 0 Å². The van der Waals surface area contributed by atoms with Crippen LogP contribution in [-0.4, -0.2) is 54.3 Å². The Morgan fingerprint density at radius 2 is 1.83 bits per heavy atom. The van der Waals surface area contributed by atoms with Gasteiger partial charge >= 0.3 is 5.97 Å². The predicted molar refractivity (Wildman–Crippen MR) is 137 cm³/mol. The standard InChI is InChI=1S/C25H25ClN2O7S/c1-4-33-20-10-16(7-9-19(20)35-14-23(30)34-5-2)11-21-24(31)28(25(32)36-21)13-22(29)27-18-12-17(26)8-6-15(18)3/h6-12H,4-5,13-14H2,1-3H3,(H,27,29)/b21-11-. The first-order valence-electron chi connectivity index (χ1n) is 11.1. The van der Waals surface area contributed by atoms with Crippen LogP contribution in [0.15, 0.2) is 41.3 Å². The molecule has 9 nitrogen and oxygen atoms in total. The highest BCUT2D eigenvalue weighted by Crippen LogP contribution is 2.34. The smallest absolute Gasteiger partial charge is 0.344 e. The second kappa shape index (κ2) is 12.5. The number of anilines is 1. The van der Waals surface area contributed by atoms with Crippen molar-refractivity contribution in [3.8, 4) is 11.5 Å². The van der Waals surface area contributed by atoms with Crippen molar-refractivity contribution in [3.05, 3.63) is 57.5 Å². The molecule has 0 radical (unpaired) electrons. The van der Waals surface area contributed by atoms with Gasteiger partial charge in [0, 0.05) is 10.7 Å². The van der Waals surface area contributed by atoms with Gasteiger partial charge in [0.2, 0.25) is 5.91 Å². The van der Waals surface area contributed by atoms with Crippen molar-refractivity contribution in [3.63, 3.8) is 0 Å². The van der Waals surface area contributed by atoms with Crippen LogP contribution in [0, 0.1) is 6.92 Å². The fourth-order valence-corrected chi connectivity index (χ4v) is 4.20. The van der Waals surface area contributed by atoms with Gasteiger partial charge in [0.25, 0.3) is 11.1 Å². The van der Waals surface area contributed by atoms with E-state index >= 15 is 0 Å². The third-order valence-electron chi connectivity index (χ3n) is 4.87. The number of benzene rings is 2. The Bertz CT molecular complexity index is 1210. The number of carbonyl (C=O) groups is 4. The quantitative estimate of drug-likeness (QED) is 0.347. The summed E-state index contributed by atoms with van der Waals surface area (Å²) in [6.45, 7) is 5.18. The highest BCUT2D eigenvalue weighted by Gasteiger charge is 2.36. The molecule has 3 amide bonds. The fraction of sp³-hybridized carbons (Fsp3) is 0.280. The van der Waals surface area contributed by atoms with Crippen LogP contribution in [0.3, 0.4) is 0 Å². The number of hydrogen-bond donors (Lipinski definition) is 1. The number of thioether (sulfide) groups is 1. The summed E-state index contributed by atoms with van der Waals surface area (Å²) in [4.78, 5) is 50.4. The lowest BCUT2D eigenvalue weighted by atomic mass is 10.2. The zero-order chi connectivity index (χ0) is 26.2. The van der Waals surface area contributed by atoms with E-state index in [1.54, 1.807) is 57.2 Å². The first-order chi connectivity index (χ1) is 17.2. The minimum atomic E-state index is -0.580. The van der Waals surface area contributed by atoms with Crippen molar-refractivity contribution in [1.82, 2.24) is 4.90 Å². The summed E-state index contributed by atoms with van der Waals surface area (Å²) in [5.74, 6) is -0.907. The number of nitrogens with one attached hydrogen (secondary N) is 1. The van der Waals surface area contributed by atoms with E-state index in [9.17, 15) is 19.2 Å². The lowest BCUT2D eigenvalue weighted by Crippen LogP contribution is -2.36. The SMILES string of the molecule is CCOC(=O)COc1ccc(/C=C2\SC(=O)N(CC(=O)Nc3cc(Cl)ccc3C)C2=O)cc1OCC. The molecule has 0 bridgehead atoms. The lowest BCUT2D eigenvalue weighted by molar-refractivity contribution is -0.145. The summed E-state index contributed by atoms with van der Waals surface area (Å²) < 4.78 is 15.9. The molecule has 1 aliphatic heterocycles. The summed E-state index contributed by atoms with van der Waals surface area (Å²) in [5, 5.41) is 2.58. The van der Waals surface area contributed by atoms with Crippen molar-refractivity contribution in [2.75, 3.05) is 31.7 Å². The molecule has 190 valence electrons. The highest BCUT2D eigenvalue weighted by molar-refractivity contribution is 8.18. The molecule has 0 unspecified atom stereocenters. The summed E-state index contributed by atoms with van der Waals surface area (Å²) in [6, 6.07) is 9.94. The summed E-state index contributed by atoms with van der Waals surface area (Å²) in [7, 11) is 0. The number of aryl methyl sites for hydroxylation is 1. The second-order valence-corrected chi connectivity index (χ2v) is 8.94. The third kappa shape index (κ3) is 7.02. The maximum atomic E-state index is 12.9. The normalized spacial score (nSPS) is 14.2. The molecule has 1 N–H and O–H groups in total. The molecule has 1 heterocycles. The molecular weight excluding hydrogens is 508 g/mol. The van der Waals surface area contributed by atoms with Crippen molar-refractivity contribution >= 4 is 58.1 Å². The van der Waals surface area contributed by atoms with Crippen molar-refractivity contribution in [2.45, 2.75) is 20.8 Å². The number of nitrogens with zero attached hydrogens (tertiary/aromatic N) is 1. The molecule has 1 aliphatic rings. The first kappa shape index (κ1) is 27.1. The number of imide groups is 1. The predicted octanol–water partition coefficient (Wildman–Crippen LogP) is 4.66. The number of esters is 1. The summed E-state index contributed by atoms with van der Waals surface area (Å²) in [6.07, 6.45) is 1.53. The molecule has 0 aromatic heterocycles. The van der Waals surface area contributed by atoms with Crippen LogP contribution in [0.2, 0.25) is 5.02 Å². The van der Waals surface area contributed by atoms with Crippen molar-refractivity contribution < 1.29 is 33.4 Å². The molecule has 0 atom stereocenters. The van der Waals surface area contributed by atoms with Gasteiger partial charge in [0.15, 0.2) is 18.1 Å². The van der Waals surface area contributed by atoms with Crippen LogP contribution in [0.1, 0.15) is 25.0 Å². The van der Waals surface area contributed by atoms with Gasteiger partial charge in [-0.25, -0.2) is 4.79 Å². The molecular formula is C25H25ClN2O7S. The molecule has 0 saturated carbocycles. The third-order valence-corrected chi connectivity index (χ3v) is 6.01. The van der Waals surface area contributed by atoms with Crippen LogP contribution in [0.4, 0.5) is 10.5 Å². The molecule has 1 saturated heterocycles. The van der Waals surface area contributed by atoms with Gasteiger partial charge < -0.3 is 19.5 Å². The Balaban J connectivity index is 1.71. The highest BCUT2D eigenvalue weighted by atomic mass is 35.5. The van der Waals surface area contributed by atoms with E-state index in [0.29, 0.717) is 34.4 Å². The van der Waals surface area contributed by atoms with Gasteiger partial charge in [0.1, 0.15) is 6.54 Å². The van der Waals surface area contributed by atoms with E-state index in [2.05, 4.69) is 5.32 Å². The lowest BCUT2D eigenvalue weighted by Gasteiger charge is -2.14. The van der Waals surface area contributed by atoms with Gasteiger partial charge in [-0.3, -0.25) is 19.3 Å². The van der Waals surface area contributed by atoms with Gasteiger partial charge in [-0.15, -0.1) is 0 Å². The second-order valence-electron chi connectivity index (χ2n) is 7.51. The summed E-state index contributed by atoms with van der Waals surface area (Å²) >= 11 is 6.72. The molecule has 3 rings (SSSR count). The van der Waals surface area contributed by atoms with Crippen molar-refractivity contribution in [1.29, 1.82) is 0 Å². The Labute approximate surface area is 217 Å². The van der Waals surface area contributed by atoms with E-state index in [1.807, 2.05) is 0 Å². The molecule has 36 heavy (non-hydrogen) atoms. The molecule has 1 fully saturated rings. The topological polar surface area (TPSA) is 111 Å². The molecule has 2 aromatic carbocycles. The minimum absolute atomic E-state index is 0.161. The molecule has 2 aromatic rings. The Kier molecular flexibility index (Phi) is 9.38.